The van der Waals surface area contributed by atoms with Crippen LogP contribution in [0.2, 0.25) is 0 Å². The van der Waals surface area contributed by atoms with Crippen LogP contribution in [-0.2, 0) is 11.3 Å². The summed E-state index contributed by atoms with van der Waals surface area (Å²) in [6, 6.07) is 7.67. The van der Waals surface area contributed by atoms with Crippen LogP contribution in [0.5, 0.6) is 5.75 Å². The van der Waals surface area contributed by atoms with E-state index in [-0.39, 0.29) is 5.91 Å². The maximum atomic E-state index is 13.1. The molecule has 2 heterocycles. The molecule has 1 aliphatic rings. The first-order valence-corrected chi connectivity index (χ1v) is 11.3. The zero-order valence-electron chi connectivity index (χ0n) is 19.1. The quantitative estimate of drug-likeness (QED) is 0.620. The van der Waals surface area contributed by atoms with Crippen molar-refractivity contribution in [2.75, 3.05) is 32.8 Å². The van der Waals surface area contributed by atoms with Gasteiger partial charge in [0.05, 0.1) is 30.0 Å². The number of para-hydroxylation sites is 1. The summed E-state index contributed by atoms with van der Waals surface area (Å²) in [6.07, 6.45) is 2.18. The third-order valence-corrected chi connectivity index (χ3v) is 6.26. The molecule has 0 radical (unpaired) electrons. The lowest BCUT2D eigenvalue weighted by Crippen LogP contribution is -2.52. The second-order valence-electron chi connectivity index (χ2n) is 8.09. The first kappa shape index (κ1) is 23.3. The minimum Gasteiger partial charge on any atom is -0.488 e. The summed E-state index contributed by atoms with van der Waals surface area (Å²) in [4.78, 5) is 15.5. The van der Waals surface area contributed by atoms with Crippen molar-refractivity contribution < 1.29 is 18.8 Å². The topological polar surface area (TPSA) is 76.8 Å². The molecule has 1 saturated heterocycles. The van der Waals surface area contributed by atoms with Gasteiger partial charge in [-0.1, -0.05) is 44.0 Å². The SMILES string of the molecule is CCC(CC)C(CNC(=O)c1ccccc1OCc1c(C)noc1C)N1CCOCC1. The van der Waals surface area contributed by atoms with Gasteiger partial charge in [-0.3, -0.25) is 9.69 Å². The Bertz CT molecular complexity index is 822. The van der Waals surface area contributed by atoms with Gasteiger partial charge in [0.1, 0.15) is 18.1 Å². The van der Waals surface area contributed by atoms with Crippen molar-refractivity contribution in [2.24, 2.45) is 5.92 Å². The molecule has 2 aromatic rings. The fourth-order valence-electron chi connectivity index (χ4n) is 4.27. The molecule has 1 aromatic carbocycles. The van der Waals surface area contributed by atoms with E-state index in [1.807, 2.05) is 32.0 Å². The highest BCUT2D eigenvalue weighted by atomic mass is 16.5. The molecule has 0 spiro atoms. The highest BCUT2D eigenvalue weighted by Gasteiger charge is 2.27. The lowest BCUT2D eigenvalue weighted by Gasteiger charge is -2.38. The molecule has 1 aromatic heterocycles. The van der Waals surface area contributed by atoms with E-state index < -0.39 is 0 Å². The number of carbonyl (C=O) groups is 1. The lowest BCUT2D eigenvalue weighted by molar-refractivity contribution is 0.00190. The van der Waals surface area contributed by atoms with Gasteiger partial charge in [0.25, 0.3) is 5.91 Å². The number of benzene rings is 1. The van der Waals surface area contributed by atoms with Crippen LogP contribution in [0, 0.1) is 19.8 Å². The first-order chi connectivity index (χ1) is 15.0. The average molecular weight is 430 g/mol. The summed E-state index contributed by atoms with van der Waals surface area (Å²) in [5, 5.41) is 7.13. The Morgan fingerprint density at radius 2 is 1.90 bits per heavy atom. The molecule has 1 unspecified atom stereocenters. The van der Waals surface area contributed by atoms with Crippen LogP contribution >= 0.6 is 0 Å². The van der Waals surface area contributed by atoms with E-state index in [0.29, 0.717) is 36.4 Å². The van der Waals surface area contributed by atoms with Crippen LogP contribution < -0.4 is 10.1 Å². The van der Waals surface area contributed by atoms with Crippen LogP contribution in [0.1, 0.15) is 54.1 Å². The van der Waals surface area contributed by atoms with E-state index in [4.69, 9.17) is 14.0 Å². The molecule has 3 rings (SSSR count). The van der Waals surface area contributed by atoms with Crippen LogP contribution in [0.4, 0.5) is 0 Å². The van der Waals surface area contributed by atoms with Crippen LogP contribution in [-0.4, -0.2) is 54.9 Å². The molecule has 0 saturated carbocycles. The van der Waals surface area contributed by atoms with E-state index in [1.165, 1.54) is 0 Å². The van der Waals surface area contributed by atoms with E-state index in [9.17, 15) is 4.79 Å². The number of hydrogen-bond acceptors (Lipinski definition) is 6. The smallest absolute Gasteiger partial charge is 0.255 e. The van der Waals surface area contributed by atoms with Crippen molar-refractivity contribution in [3.8, 4) is 5.75 Å². The van der Waals surface area contributed by atoms with E-state index in [1.54, 1.807) is 6.07 Å². The summed E-state index contributed by atoms with van der Waals surface area (Å²) in [7, 11) is 0. The molecule has 7 nitrogen and oxygen atoms in total. The van der Waals surface area contributed by atoms with Crippen molar-refractivity contribution >= 4 is 5.91 Å². The highest BCUT2D eigenvalue weighted by Crippen LogP contribution is 2.23. The van der Waals surface area contributed by atoms with Gasteiger partial charge in [-0.2, -0.15) is 0 Å². The monoisotopic (exact) mass is 429 g/mol. The van der Waals surface area contributed by atoms with Gasteiger partial charge in [-0.15, -0.1) is 0 Å². The average Bonchev–Trinajstić information content (AvgIpc) is 3.13. The summed E-state index contributed by atoms with van der Waals surface area (Å²) < 4.78 is 16.7. The predicted octanol–water partition coefficient (Wildman–Crippen LogP) is 3.74. The van der Waals surface area contributed by atoms with Crippen LogP contribution in [0.15, 0.2) is 28.8 Å². The standard InChI is InChI=1S/C24H35N3O4/c1-5-19(6-2)22(27-11-13-29-14-12-27)15-25-24(28)20-9-7-8-10-23(20)30-16-21-17(3)26-31-18(21)4/h7-10,19,22H,5-6,11-16H2,1-4H3,(H,25,28). The fraction of sp³-hybridized carbons (Fsp3) is 0.583. The summed E-state index contributed by atoms with van der Waals surface area (Å²) in [5.41, 5.74) is 2.26. The third-order valence-electron chi connectivity index (χ3n) is 6.26. The van der Waals surface area contributed by atoms with E-state index in [2.05, 4.69) is 29.2 Å². The number of nitrogens with zero attached hydrogens (tertiary/aromatic N) is 2. The molecule has 0 bridgehead atoms. The largest absolute Gasteiger partial charge is 0.488 e. The maximum Gasteiger partial charge on any atom is 0.255 e. The minimum absolute atomic E-state index is 0.112. The van der Waals surface area contributed by atoms with Gasteiger partial charge in [-0.05, 0) is 31.9 Å². The molecule has 1 fully saturated rings. The predicted molar refractivity (Wildman–Crippen MR) is 119 cm³/mol. The number of amides is 1. The molecular formula is C24H35N3O4. The third kappa shape index (κ3) is 5.86. The molecule has 170 valence electrons. The molecule has 1 amide bonds. The van der Waals surface area contributed by atoms with Gasteiger partial charge in [0, 0.05) is 25.7 Å². The number of aromatic nitrogens is 1. The molecular weight excluding hydrogens is 394 g/mol. The van der Waals surface area contributed by atoms with Gasteiger partial charge in [0.2, 0.25) is 0 Å². The van der Waals surface area contributed by atoms with Crippen molar-refractivity contribution in [3.63, 3.8) is 0 Å². The molecule has 31 heavy (non-hydrogen) atoms. The Hall–Kier alpha value is -2.38. The van der Waals surface area contributed by atoms with Gasteiger partial charge < -0.3 is 19.3 Å². The Labute approximate surface area is 185 Å². The molecule has 1 aliphatic heterocycles. The Balaban J connectivity index is 1.67. The minimum atomic E-state index is -0.112. The molecule has 1 N–H and O–H groups in total. The van der Waals surface area contributed by atoms with Crippen molar-refractivity contribution in [2.45, 2.75) is 53.2 Å². The number of aryl methyl sites for hydroxylation is 2. The zero-order valence-corrected chi connectivity index (χ0v) is 19.1. The lowest BCUT2D eigenvalue weighted by atomic mass is 9.92. The number of morpholine rings is 1. The van der Waals surface area contributed by atoms with Crippen LogP contribution in [0.3, 0.4) is 0 Å². The summed E-state index contributed by atoms with van der Waals surface area (Å²) in [5.74, 6) is 1.71. The number of hydrogen-bond donors (Lipinski definition) is 1. The maximum absolute atomic E-state index is 13.1. The van der Waals surface area contributed by atoms with Gasteiger partial charge >= 0.3 is 0 Å². The van der Waals surface area contributed by atoms with Crippen molar-refractivity contribution in [1.82, 2.24) is 15.4 Å². The second-order valence-corrected chi connectivity index (χ2v) is 8.09. The van der Waals surface area contributed by atoms with Crippen LogP contribution in [0.25, 0.3) is 0 Å². The normalized spacial score (nSPS) is 15.8. The van der Waals surface area contributed by atoms with Gasteiger partial charge in [0.15, 0.2) is 0 Å². The Morgan fingerprint density at radius 3 is 2.55 bits per heavy atom. The Morgan fingerprint density at radius 1 is 1.19 bits per heavy atom. The first-order valence-electron chi connectivity index (χ1n) is 11.3. The van der Waals surface area contributed by atoms with Gasteiger partial charge in [-0.25, -0.2) is 0 Å². The highest BCUT2D eigenvalue weighted by molar-refractivity contribution is 5.96. The molecule has 7 heteroatoms. The van der Waals surface area contributed by atoms with E-state index >= 15 is 0 Å². The van der Waals surface area contributed by atoms with Crippen molar-refractivity contribution in [3.05, 3.63) is 46.8 Å². The molecule has 0 aliphatic carbocycles. The number of rotatable bonds is 10. The summed E-state index contributed by atoms with van der Waals surface area (Å²) in [6.45, 7) is 12.5. The Kier molecular flexibility index (Phi) is 8.49. The number of carbonyl (C=O) groups excluding carboxylic acids is 1. The van der Waals surface area contributed by atoms with Crippen molar-refractivity contribution in [1.29, 1.82) is 0 Å². The molecule has 1 atom stereocenters. The zero-order chi connectivity index (χ0) is 22.2. The number of nitrogens with one attached hydrogen (secondary N) is 1. The second kappa shape index (κ2) is 11.3. The summed E-state index contributed by atoms with van der Waals surface area (Å²) >= 11 is 0. The number of ether oxygens (including phenoxy) is 2. The fourth-order valence-corrected chi connectivity index (χ4v) is 4.27. The van der Waals surface area contributed by atoms with E-state index in [0.717, 1.165) is 56.2 Å².